The summed E-state index contributed by atoms with van der Waals surface area (Å²) in [4.78, 5) is 23.7. The van der Waals surface area contributed by atoms with E-state index >= 15 is 0 Å². The van der Waals surface area contributed by atoms with E-state index in [0.717, 1.165) is 32.1 Å². The standard InChI is InChI=1S/C14H24O2/c1-3-4-5-8-11(2)14(16)12-9-6-7-10-13(12)15/h11-12H,3-10H2,1-2H3. The van der Waals surface area contributed by atoms with E-state index in [0.29, 0.717) is 6.42 Å². The van der Waals surface area contributed by atoms with Crippen LogP contribution in [0.2, 0.25) is 0 Å². The van der Waals surface area contributed by atoms with Crippen molar-refractivity contribution in [2.75, 3.05) is 0 Å². The van der Waals surface area contributed by atoms with Crippen LogP contribution in [0.3, 0.4) is 0 Å². The molecule has 1 fully saturated rings. The number of unbranched alkanes of at least 4 members (excludes halogenated alkanes) is 2. The second-order valence-electron chi connectivity index (χ2n) is 5.06. The fourth-order valence-corrected chi connectivity index (χ4v) is 2.47. The molecule has 1 rings (SSSR count). The van der Waals surface area contributed by atoms with Gasteiger partial charge in [-0.3, -0.25) is 9.59 Å². The summed E-state index contributed by atoms with van der Waals surface area (Å²) in [5.41, 5.74) is 0. The van der Waals surface area contributed by atoms with Crippen LogP contribution in [-0.4, -0.2) is 11.6 Å². The van der Waals surface area contributed by atoms with E-state index in [1.807, 2.05) is 6.92 Å². The van der Waals surface area contributed by atoms with E-state index in [9.17, 15) is 9.59 Å². The van der Waals surface area contributed by atoms with E-state index in [4.69, 9.17) is 0 Å². The van der Waals surface area contributed by atoms with Crippen molar-refractivity contribution in [1.82, 2.24) is 0 Å². The molecule has 0 amide bonds. The molecule has 92 valence electrons. The second kappa shape index (κ2) is 6.82. The van der Waals surface area contributed by atoms with Crippen LogP contribution in [0.5, 0.6) is 0 Å². The summed E-state index contributed by atoms with van der Waals surface area (Å²) in [6, 6.07) is 0. The normalized spacial score (nSPS) is 23.1. The first-order chi connectivity index (χ1) is 7.66. The van der Waals surface area contributed by atoms with Gasteiger partial charge in [-0.2, -0.15) is 0 Å². The minimum absolute atomic E-state index is 0.0820. The minimum atomic E-state index is -0.259. The summed E-state index contributed by atoms with van der Waals surface area (Å²) in [7, 11) is 0. The molecule has 0 radical (unpaired) electrons. The SMILES string of the molecule is CCCCCC(C)C(=O)C1CCCCC1=O. The third kappa shape index (κ3) is 3.73. The van der Waals surface area contributed by atoms with E-state index in [1.165, 1.54) is 12.8 Å². The van der Waals surface area contributed by atoms with Crippen LogP contribution in [0.4, 0.5) is 0 Å². The number of hydrogen-bond acceptors (Lipinski definition) is 2. The highest BCUT2D eigenvalue weighted by Gasteiger charge is 2.31. The summed E-state index contributed by atoms with van der Waals surface area (Å²) in [5.74, 6) is 0.225. The number of ketones is 2. The van der Waals surface area contributed by atoms with Gasteiger partial charge in [0, 0.05) is 12.3 Å². The summed E-state index contributed by atoms with van der Waals surface area (Å²) in [5, 5.41) is 0. The average Bonchev–Trinajstić information content (AvgIpc) is 2.29. The van der Waals surface area contributed by atoms with Crippen LogP contribution < -0.4 is 0 Å². The minimum Gasteiger partial charge on any atom is -0.299 e. The zero-order valence-electron chi connectivity index (χ0n) is 10.6. The molecule has 2 nitrogen and oxygen atoms in total. The first-order valence-electron chi connectivity index (χ1n) is 6.73. The van der Waals surface area contributed by atoms with E-state index in [1.54, 1.807) is 0 Å². The lowest BCUT2D eigenvalue weighted by Gasteiger charge is -2.22. The lowest BCUT2D eigenvalue weighted by molar-refractivity contribution is -0.136. The Morgan fingerprint density at radius 2 is 2.12 bits per heavy atom. The van der Waals surface area contributed by atoms with Crippen molar-refractivity contribution in [3.63, 3.8) is 0 Å². The van der Waals surface area contributed by atoms with E-state index in [2.05, 4.69) is 6.92 Å². The van der Waals surface area contributed by atoms with Crippen LogP contribution in [0.15, 0.2) is 0 Å². The molecule has 2 unspecified atom stereocenters. The number of carbonyl (C=O) groups is 2. The largest absolute Gasteiger partial charge is 0.299 e. The van der Waals surface area contributed by atoms with Crippen molar-refractivity contribution in [1.29, 1.82) is 0 Å². The Balaban J connectivity index is 2.39. The van der Waals surface area contributed by atoms with Gasteiger partial charge in [-0.1, -0.05) is 39.5 Å². The maximum absolute atomic E-state index is 12.1. The van der Waals surface area contributed by atoms with Crippen molar-refractivity contribution >= 4 is 11.6 Å². The topological polar surface area (TPSA) is 34.1 Å². The molecule has 0 aromatic heterocycles. The third-order valence-corrected chi connectivity index (χ3v) is 3.62. The van der Waals surface area contributed by atoms with Crippen LogP contribution in [0.1, 0.15) is 65.2 Å². The van der Waals surface area contributed by atoms with Gasteiger partial charge in [-0.05, 0) is 19.3 Å². The van der Waals surface area contributed by atoms with Gasteiger partial charge in [0.2, 0.25) is 0 Å². The molecule has 0 saturated heterocycles. The van der Waals surface area contributed by atoms with Crippen molar-refractivity contribution in [2.45, 2.75) is 65.2 Å². The Hall–Kier alpha value is -0.660. The molecule has 1 saturated carbocycles. The molecule has 2 atom stereocenters. The Morgan fingerprint density at radius 1 is 1.38 bits per heavy atom. The number of carbonyl (C=O) groups excluding carboxylic acids is 2. The average molecular weight is 224 g/mol. The molecule has 1 aliphatic carbocycles. The Labute approximate surface area is 98.8 Å². The molecule has 0 N–H and O–H groups in total. The smallest absolute Gasteiger partial charge is 0.146 e. The lowest BCUT2D eigenvalue weighted by atomic mass is 9.80. The summed E-state index contributed by atoms with van der Waals surface area (Å²) >= 11 is 0. The van der Waals surface area contributed by atoms with Gasteiger partial charge in [-0.15, -0.1) is 0 Å². The number of rotatable bonds is 6. The fraction of sp³-hybridized carbons (Fsp3) is 0.857. The van der Waals surface area contributed by atoms with Crippen LogP contribution in [-0.2, 0) is 9.59 Å². The maximum atomic E-state index is 12.1. The molecule has 0 bridgehead atoms. The Kier molecular flexibility index (Phi) is 5.72. The molecular formula is C14H24O2. The molecule has 2 heteroatoms. The highest BCUT2D eigenvalue weighted by atomic mass is 16.2. The highest BCUT2D eigenvalue weighted by molar-refractivity contribution is 6.03. The lowest BCUT2D eigenvalue weighted by Crippen LogP contribution is -2.31. The van der Waals surface area contributed by atoms with Gasteiger partial charge in [0.05, 0.1) is 5.92 Å². The van der Waals surface area contributed by atoms with Crippen molar-refractivity contribution < 1.29 is 9.59 Å². The molecule has 0 spiro atoms. The molecule has 1 aliphatic rings. The first-order valence-corrected chi connectivity index (χ1v) is 6.73. The number of hydrogen-bond donors (Lipinski definition) is 0. The Bertz CT molecular complexity index is 245. The van der Waals surface area contributed by atoms with Crippen molar-refractivity contribution in [3.05, 3.63) is 0 Å². The molecule has 0 heterocycles. The fourth-order valence-electron chi connectivity index (χ4n) is 2.47. The van der Waals surface area contributed by atoms with Gasteiger partial charge in [0.25, 0.3) is 0 Å². The summed E-state index contributed by atoms with van der Waals surface area (Å²) in [6.45, 7) is 4.15. The van der Waals surface area contributed by atoms with Crippen LogP contribution in [0.25, 0.3) is 0 Å². The van der Waals surface area contributed by atoms with Crippen molar-refractivity contribution in [3.8, 4) is 0 Å². The zero-order chi connectivity index (χ0) is 12.0. The first kappa shape index (κ1) is 13.4. The summed E-state index contributed by atoms with van der Waals surface area (Å²) in [6.07, 6.45) is 7.89. The van der Waals surface area contributed by atoms with Gasteiger partial charge in [-0.25, -0.2) is 0 Å². The monoisotopic (exact) mass is 224 g/mol. The van der Waals surface area contributed by atoms with E-state index in [-0.39, 0.29) is 23.4 Å². The maximum Gasteiger partial charge on any atom is 0.146 e. The van der Waals surface area contributed by atoms with Crippen LogP contribution in [0, 0.1) is 11.8 Å². The molecule has 0 aromatic carbocycles. The second-order valence-corrected chi connectivity index (χ2v) is 5.06. The predicted molar refractivity (Wildman–Crippen MR) is 65.3 cm³/mol. The highest BCUT2D eigenvalue weighted by Crippen LogP contribution is 2.25. The van der Waals surface area contributed by atoms with Gasteiger partial charge in [0.1, 0.15) is 11.6 Å². The quantitative estimate of drug-likeness (QED) is 0.511. The molecule has 0 aromatic rings. The predicted octanol–water partition coefficient (Wildman–Crippen LogP) is 3.53. The molecule has 0 aliphatic heterocycles. The summed E-state index contributed by atoms with van der Waals surface area (Å²) < 4.78 is 0. The van der Waals surface area contributed by atoms with Gasteiger partial charge in [0.15, 0.2) is 0 Å². The molecule has 16 heavy (non-hydrogen) atoms. The third-order valence-electron chi connectivity index (χ3n) is 3.62. The van der Waals surface area contributed by atoms with Crippen LogP contribution >= 0.6 is 0 Å². The number of Topliss-reactive ketones (excluding diaryl/α,β-unsaturated/α-hetero) is 2. The van der Waals surface area contributed by atoms with Crippen molar-refractivity contribution in [2.24, 2.45) is 11.8 Å². The van der Waals surface area contributed by atoms with Gasteiger partial charge < -0.3 is 0 Å². The molecular weight excluding hydrogens is 200 g/mol. The Morgan fingerprint density at radius 3 is 2.75 bits per heavy atom. The van der Waals surface area contributed by atoms with E-state index < -0.39 is 0 Å². The zero-order valence-corrected chi connectivity index (χ0v) is 10.6. The van der Waals surface area contributed by atoms with Gasteiger partial charge >= 0.3 is 0 Å².